The Labute approximate surface area is 126 Å². The normalized spacial score (nSPS) is 10.5. The van der Waals surface area contributed by atoms with Crippen LogP contribution in [0.4, 0.5) is 9.93 Å². The molecule has 3 aromatic rings. The molecule has 0 bridgehead atoms. The van der Waals surface area contributed by atoms with E-state index in [0.717, 1.165) is 21.3 Å². The van der Waals surface area contributed by atoms with Crippen LogP contribution in [0.1, 0.15) is 6.92 Å². The number of pyridine rings is 1. The molecule has 0 saturated carbocycles. The van der Waals surface area contributed by atoms with Gasteiger partial charge in [-0.3, -0.25) is 10.3 Å². The zero-order chi connectivity index (χ0) is 14.7. The van der Waals surface area contributed by atoms with Crippen molar-refractivity contribution in [3.63, 3.8) is 0 Å². The number of fused-ring (bicyclic) bond motifs is 1. The van der Waals surface area contributed by atoms with Gasteiger partial charge in [-0.15, -0.1) is 0 Å². The molecule has 106 valence electrons. The molecular formula is C15H14N4OS. The molecule has 0 saturated heterocycles. The molecule has 0 spiro atoms. The van der Waals surface area contributed by atoms with Crippen LogP contribution in [-0.4, -0.2) is 22.5 Å². The maximum Gasteiger partial charge on any atom is 0.321 e. The molecule has 0 aliphatic heterocycles. The molecule has 5 nitrogen and oxygen atoms in total. The van der Waals surface area contributed by atoms with Crippen molar-refractivity contribution in [2.75, 3.05) is 11.9 Å². The fourth-order valence-corrected chi connectivity index (χ4v) is 2.85. The van der Waals surface area contributed by atoms with Crippen LogP contribution in [0.25, 0.3) is 21.3 Å². The summed E-state index contributed by atoms with van der Waals surface area (Å²) in [4.78, 5) is 20.0. The van der Waals surface area contributed by atoms with Crippen molar-refractivity contribution in [2.45, 2.75) is 6.92 Å². The highest BCUT2D eigenvalue weighted by Gasteiger charge is 2.08. The number of hydrogen-bond donors (Lipinski definition) is 2. The molecule has 0 radical (unpaired) electrons. The Morgan fingerprint density at radius 3 is 2.76 bits per heavy atom. The summed E-state index contributed by atoms with van der Waals surface area (Å²) < 4.78 is 1.04. The van der Waals surface area contributed by atoms with Gasteiger partial charge < -0.3 is 5.32 Å². The standard InChI is InChI=1S/C15H14N4OS/c1-2-17-14(20)19-15-18-12-9-11(3-4-13(12)21-15)10-5-7-16-8-6-10/h3-9H,2H2,1H3,(H2,17,18,19,20). The third kappa shape index (κ3) is 3.00. The van der Waals surface area contributed by atoms with Crippen molar-refractivity contribution < 1.29 is 4.79 Å². The van der Waals surface area contributed by atoms with Gasteiger partial charge in [0.1, 0.15) is 0 Å². The minimum atomic E-state index is -0.231. The van der Waals surface area contributed by atoms with E-state index in [-0.39, 0.29) is 6.03 Å². The lowest BCUT2D eigenvalue weighted by Gasteiger charge is -2.00. The predicted octanol–water partition coefficient (Wildman–Crippen LogP) is 3.50. The van der Waals surface area contributed by atoms with Gasteiger partial charge in [-0.05, 0) is 42.3 Å². The first kappa shape index (κ1) is 13.5. The molecule has 6 heteroatoms. The van der Waals surface area contributed by atoms with Crippen LogP contribution < -0.4 is 10.6 Å². The van der Waals surface area contributed by atoms with E-state index in [1.165, 1.54) is 11.3 Å². The Morgan fingerprint density at radius 1 is 1.19 bits per heavy atom. The Balaban J connectivity index is 1.90. The van der Waals surface area contributed by atoms with Crippen molar-refractivity contribution in [1.29, 1.82) is 0 Å². The minimum absolute atomic E-state index is 0.231. The highest BCUT2D eigenvalue weighted by atomic mass is 32.1. The Kier molecular flexibility index (Phi) is 3.79. The van der Waals surface area contributed by atoms with Gasteiger partial charge in [0.2, 0.25) is 0 Å². The summed E-state index contributed by atoms with van der Waals surface area (Å²) in [6.45, 7) is 2.46. The lowest BCUT2D eigenvalue weighted by molar-refractivity contribution is 0.252. The number of thiazole rings is 1. The molecule has 0 unspecified atom stereocenters. The van der Waals surface area contributed by atoms with E-state index in [9.17, 15) is 4.79 Å². The molecule has 0 atom stereocenters. The van der Waals surface area contributed by atoms with Crippen LogP contribution in [-0.2, 0) is 0 Å². The average Bonchev–Trinajstić information content (AvgIpc) is 2.89. The summed E-state index contributed by atoms with van der Waals surface area (Å²) >= 11 is 1.46. The summed E-state index contributed by atoms with van der Waals surface area (Å²) in [6.07, 6.45) is 3.53. The summed E-state index contributed by atoms with van der Waals surface area (Å²) in [5, 5.41) is 6.02. The number of hydrogen-bond acceptors (Lipinski definition) is 4. The monoisotopic (exact) mass is 298 g/mol. The van der Waals surface area contributed by atoms with Gasteiger partial charge in [0.05, 0.1) is 10.2 Å². The van der Waals surface area contributed by atoms with Crippen molar-refractivity contribution in [2.24, 2.45) is 0 Å². The zero-order valence-corrected chi connectivity index (χ0v) is 12.3. The molecule has 1 aromatic carbocycles. The summed E-state index contributed by atoms with van der Waals surface area (Å²) in [5.74, 6) is 0. The number of carbonyl (C=O) groups is 1. The molecule has 2 N–H and O–H groups in total. The quantitative estimate of drug-likeness (QED) is 0.777. The van der Waals surface area contributed by atoms with Gasteiger partial charge >= 0.3 is 6.03 Å². The van der Waals surface area contributed by atoms with Crippen LogP contribution in [0.15, 0.2) is 42.7 Å². The molecule has 0 fully saturated rings. The number of urea groups is 1. The topological polar surface area (TPSA) is 66.9 Å². The fraction of sp³-hybridized carbons (Fsp3) is 0.133. The molecule has 3 rings (SSSR count). The smallest absolute Gasteiger partial charge is 0.321 e. The SMILES string of the molecule is CCNC(=O)Nc1nc2cc(-c3ccncc3)ccc2s1. The Hall–Kier alpha value is -2.47. The Bertz CT molecular complexity index is 770. The van der Waals surface area contributed by atoms with Crippen molar-refractivity contribution in [3.8, 4) is 11.1 Å². The van der Waals surface area contributed by atoms with Crippen LogP contribution in [0.3, 0.4) is 0 Å². The first-order valence-corrected chi connectivity index (χ1v) is 7.44. The zero-order valence-electron chi connectivity index (χ0n) is 11.5. The van der Waals surface area contributed by atoms with Crippen LogP contribution in [0.2, 0.25) is 0 Å². The maximum atomic E-state index is 11.5. The lowest BCUT2D eigenvalue weighted by atomic mass is 10.1. The maximum absolute atomic E-state index is 11.5. The fourth-order valence-electron chi connectivity index (χ4n) is 2.01. The number of nitrogens with one attached hydrogen (secondary N) is 2. The first-order chi connectivity index (χ1) is 10.3. The third-order valence-electron chi connectivity index (χ3n) is 2.96. The highest BCUT2D eigenvalue weighted by Crippen LogP contribution is 2.29. The van der Waals surface area contributed by atoms with Crippen LogP contribution in [0.5, 0.6) is 0 Å². The largest absolute Gasteiger partial charge is 0.338 e. The number of benzene rings is 1. The van der Waals surface area contributed by atoms with Crippen LogP contribution in [0, 0.1) is 0 Å². The van der Waals surface area contributed by atoms with Crippen molar-refractivity contribution >= 4 is 32.7 Å². The summed E-state index contributed by atoms with van der Waals surface area (Å²) in [7, 11) is 0. The van der Waals surface area contributed by atoms with E-state index in [1.807, 2.05) is 37.3 Å². The van der Waals surface area contributed by atoms with E-state index in [4.69, 9.17) is 0 Å². The molecule has 2 amide bonds. The molecule has 0 aliphatic carbocycles. The van der Waals surface area contributed by atoms with Gasteiger partial charge in [0, 0.05) is 18.9 Å². The van der Waals surface area contributed by atoms with Gasteiger partial charge in [-0.2, -0.15) is 0 Å². The number of amides is 2. The van der Waals surface area contributed by atoms with Crippen molar-refractivity contribution in [3.05, 3.63) is 42.7 Å². The van der Waals surface area contributed by atoms with Gasteiger partial charge in [-0.25, -0.2) is 9.78 Å². The first-order valence-electron chi connectivity index (χ1n) is 6.62. The van der Waals surface area contributed by atoms with Crippen molar-refractivity contribution in [1.82, 2.24) is 15.3 Å². The number of aromatic nitrogens is 2. The van der Waals surface area contributed by atoms with Gasteiger partial charge in [0.15, 0.2) is 5.13 Å². The second-order valence-corrected chi connectivity index (χ2v) is 5.45. The number of anilines is 1. The molecular weight excluding hydrogens is 284 g/mol. The van der Waals surface area contributed by atoms with E-state index < -0.39 is 0 Å². The summed E-state index contributed by atoms with van der Waals surface area (Å²) in [6, 6.07) is 9.77. The van der Waals surface area contributed by atoms with E-state index in [0.29, 0.717) is 11.7 Å². The molecule has 21 heavy (non-hydrogen) atoms. The molecule has 0 aliphatic rings. The Morgan fingerprint density at radius 2 is 2.00 bits per heavy atom. The van der Waals surface area contributed by atoms with Crippen LogP contribution >= 0.6 is 11.3 Å². The third-order valence-corrected chi connectivity index (χ3v) is 3.91. The van der Waals surface area contributed by atoms with Gasteiger partial charge in [-0.1, -0.05) is 17.4 Å². The van der Waals surface area contributed by atoms with E-state index >= 15 is 0 Å². The van der Waals surface area contributed by atoms with E-state index in [2.05, 4.69) is 20.6 Å². The number of carbonyl (C=O) groups excluding carboxylic acids is 1. The average molecular weight is 298 g/mol. The number of rotatable bonds is 3. The molecule has 2 heterocycles. The predicted molar refractivity (Wildman–Crippen MR) is 85.5 cm³/mol. The lowest BCUT2D eigenvalue weighted by Crippen LogP contribution is -2.28. The second kappa shape index (κ2) is 5.88. The minimum Gasteiger partial charge on any atom is -0.338 e. The van der Waals surface area contributed by atoms with Gasteiger partial charge in [0.25, 0.3) is 0 Å². The molecule has 2 aromatic heterocycles. The highest BCUT2D eigenvalue weighted by molar-refractivity contribution is 7.22. The summed E-state index contributed by atoms with van der Waals surface area (Å²) in [5.41, 5.74) is 3.05. The number of nitrogens with zero attached hydrogens (tertiary/aromatic N) is 2. The van der Waals surface area contributed by atoms with E-state index in [1.54, 1.807) is 12.4 Å². The second-order valence-electron chi connectivity index (χ2n) is 4.42.